The van der Waals surface area contributed by atoms with Gasteiger partial charge >= 0.3 is 0 Å². The Bertz CT molecular complexity index is 1210. The van der Waals surface area contributed by atoms with E-state index in [9.17, 15) is 4.79 Å². The lowest BCUT2D eigenvalue weighted by Gasteiger charge is -2.36. The number of nitrogens with two attached hydrogens (primary N) is 1. The van der Waals surface area contributed by atoms with Crippen LogP contribution in [0.3, 0.4) is 0 Å². The van der Waals surface area contributed by atoms with Crippen LogP contribution < -0.4 is 25.4 Å². The number of ether oxygens (including phenoxy) is 2. The number of nitrogens with zero attached hydrogens (tertiary/aromatic N) is 6. The second-order valence-electron chi connectivity index (χ2n) is 8.36. The molecule has 2 saturated heterocycles. The number of nitrogens with one attached hydrogen (secondary N) is 1. The summed E-state index contributed by atoms with van der Waals surface area (Å²) in [5.41, 5.74) is 8.47. The molecule has 2 aliphatic rings. The molecule has 3 aromatic rings. The Morgan fingerprint density at radius 2 is 1.88 bits per heavy atom. The molecule has 178 valence electrons. The van der Waals surface area contributed by atoms with Crippen LogP contribution >= 0.6 is 0 Å². The van der Waals surface area contributed by atoms with Gasteiger partial charge in [-0.3, -0.25) is 4.79 Å². The Morgan fingerprint density at radius 3 is 2.59 bits per heavy atom. The van der Waals surface area contributed by atoms with Gasteiger partial charge in [0, 0.05) is 31.7 Å². The highest BCUT2D eigenvalue weighted by Gasteiger charge is 2.30. The van der Waals surface area contributed by atoms with Gasteiger partial charge in [0.15, 0.2) is 28.5 Å². The minimum atomic E-state index is -0.0583. The zero-order valence-corrected chi connectivity index (χ0v) is 19.3. The monoisotopic (exact) mass is 464 g/mol. The molecule has 11 nitrogen and oxygen atoms in total. The number of benzene rings is 1. The number of piperazine rings is 1. The third kappa shape index (κ3) is 4.14. The standard InChI is InChI=1S/C23H28N8O3/c1-33-17-6-5-14(12-18(17)34-2)16-13-26-20-19(27-16)21(29-23(24)28-20)30-8-10-31(11-9-30)22(32)15-4-3-7-25-15/h5-6,12-13,15,25H,3-4,7-11H2,1-2H3,(H2,24,26,28,29). The molecule has 0 bridgehead atoms. The quantitative estimate of drug-likeness (QED) is 0.565. The topological polar surface area (TPSA) is 132 Å². The van der Waals surface area contributed by atoms with Crippen LogP contribution in [0.1, 0.15) is 12.8 Å². The number of anilines is 2. The van der Waals surface area contributed by atoms with E-state index < -0.39 is 0 Å². The lowest BCUT2D eigenvalue weighted by molar-refractivity contribution is -0.133. The number of carbonyl (C=O) groups is 1. The van der Waals surface area contributed by atoms with Gasteiger partial charge in [0.2, 0.25) is 11.9 Å². The van der Waals surface area contributed by atoms with Crippen molar-refractivity contribution < 1.29 is 14.3 Å². The van der Waals surface area contributed by atoms with Crippen LogP contribution in [0.15, 0.2) is 24.4 Å². The van der Waals surface area contributed by atoms with Gasteiger partial charge in [-0.05, 0) is 37.6 Å². The number of methoxy groups -OCH3 is 2. The van der Waals surface area contributed by atoms with Crippen molar-refractivity contribution in [1.29, 1.82) is 0 Å². The van der Waals surface area contributed by atoms with Gasteiger partial charge < -0.3 is 30.3 Å². The van der Waals surface area contributed by atoms with E-state index in [-0.39, 0.29) is 17.9 Å². The van der Waals surface area contributed by atoms with Crippen molar-refractivity contribution in [2.75, 3.05) is 57.6 Å². The summed E-state index contributed by atoms with van der Waals surface area (Å²) < 4.78 is 10.8. The molecular formula is C23H28N8O3. The summed E-state index contributed by atoms with van der Waals surface area (Å²) in [4.78, 5) is 34.9. The summed E-state index contributed by atoms with van der Waals surface area (Å²) in [6.07, 6.45) is 3.61. The molecular weight excluding hydrogens is 436 g/mol. The molecule has 5 rings (SSSR count). The fraction of sp³-hybridized carbons (Fsp3) is 0.435. The number of amides is 1. The first-order chi connectivity index (χ1) is 16.6. The summed E-state index contributed by atoms with van der Waals surface area (Å²) in [6, 6.07) is 5.53. The normalized spacial score (nSPS) is 18.4. The van der Waals surface area contributed by atoms with E-state index in [0.29, 0.717) is 60.4 Å². The van der Waals surface area contributed by atoms with Crippen LogP contribution in [0, 0.1) is 0 Å². The molecule has 1 unspecified atom stereocenters. The van der Waals surface area contributed by atoms with E-state index >= 15 is 0 Å². The van der Waals surface area contributed by atoms with Crippen molar-refractivity contribution in [2.24, 2.45) is 0 Å². The molecule has 2 aromatic heterocycles. The van der Waals surface area contributed by atoms with Gasteiger partial charge in [-0.2, -0.15) is 9.97 Å². The van der Waals surface area contributed by atoms with E-state index in [1.165, 1.54) is 0 Å². The van der Waals surface area contributed by atoms with E-state index in [2.05, 4.69) is 25.2 Å². The van der Waals surface area contributed by atoms with Gasteiger partial charge in [-0.15, -0.1) is 0 Å². The average Bonchev–Trinajstić information content (AvgIpc) is 3.42. The Hall–Kier alpha value is -3.73. The number of hydrogen-bond donors (Lipinski definition) is 2. The summed E-state index contributed by atoms with van der Waals surface area (Å²) >= 11 is 0. The van der Waals surface area contributed by atoms with Crippen LogP contribution in [0.25, 0.3) is 22.4 Å². The maximum atomic E-state index is 12.8. The number of carbonyl (C=O) groups excluding carboxylic acids is 1. The molecule has 2 aliphatic heterocycles. The average molecular weight is 465 g/mol. The third-order valence-corrected chi connectivity index (χ3v) is 6.33. The maximum absolute atomic E-state index is 12.8. The SMILES string of the molecule is COc1ccc(-c2cnc3nc(N)nc(N4CCN(C(=O)C5CCCN5)CC4)c3n2)cc1OC. The summed E-state index contributed by atoms with van der Waals surface area (Å²) in [5.74, 6) is 2.19. The van der Waals surface area contributed by atoms with Crippen molar-refractivity contribution in [1.82, 2.24) is 30.2 Å². The van der Waals surface area contributed by atoms with Gasteiger partial charge in [-0.25, -0.2) is 9.97 Å². The molecule has 11 heteroatoms. The van der Waals surface area contributed by atoms with Crippen LogP contribution in [0.4, 0.5) is 11.8 Å². The van der Waals surface area contributed by atoms with Crippen LogP contribution in [0.5, 0.6) is 11.5 Å². The fourth-order valence-corrected chi connectivity index (χ4v) is 4.52. The molecule has 1 aromatic carbocycles. The highest BCUT2D eigenvalue weighted by atomic mass is 16.5. The first-order valence-electron chi connectivity index (χ1n) is 11.4. The molecule has 34 heavy (non-hydrogen) atoms. The van der Waals surface area contributed by atoms with Gasteiger partial charge in [0.1, 0.15) is 0 Å². The highest BCUT2D eigenvalue weighted by molar-refractivity contribution is 5.86. The van der Waals surface area contributed by atoms with Gasteiger partial charge in [0.05, 0.1) is 32.2 Å². The molecule has 0 aliphatic carbocycles. The van der Waals surface area contributed by atoms with Crippen LogP contribution in [-0.4, -0.2) is 83.7 Å². The molecule has 4 heterocycles. The number of hydrogen-bond acceptors (Lipinski definition) is 10. The lowest BCUT2D eigenvalue weighted by Crippen LogP contribution is -2.53. The summed E-state index contributed by atoms with van der Waals surface area (Å²) in [6.45, 7) is 3.40. The minimum absolute atomic E-state index is 0.0583. The molecule has 3 N–H and O–H groups in total. The predicted octanol–water partition coefficient (Wildman–Crippen LogP) is 1.09. The largest absolute Gasteiger partial charge is 0.493 e. The number of aromatic nitrogens is 4. The third-order valence-electron chi connectivity index (χ3n) is 6.33. The molecule has 1 atom stereocenters. The van der Waals surface area contributed by atoms with Crippen molar-refractivity contribution in [3.05, 3.63) is 24.4 Å². The number of rotatable bonds is 5. The number of fused-ring (bicyclic) bond motifs is 1. The summed E-state index contributed by atoms with van der Waals surface area (Å²) in [5, 5.41) is 3.29. The fourth-order valence-electron chi connectivity index (χ4n) is 4.52. The minimum Gasteiger partial charge on any atom is -0.493 e. The molecule has 0 spiro atoms. The first-order valence-corrected chi connectivity index (χ1v) is 11.4. The highest BCUT2D eigenvalue weighted by Crippen LogP contribution is 2.32. The molecule has 1 amide bonds. The van der Waals surface area contributed by atoms with Crippen molar-refractivity contribution in [3.8, 4) is 22.8 Å². The van der Waals surface area contributed by atoms with E-state index in [0.717, 1.165) is 24.9 Å². The lowest BCUT2D eigenvalue weighted by atomic mass is 10.1. The van der Waals surface area contributed by atoms with Crippen molar-refractivity contribution in [3.63, 3.8) is 0 Å². The molecule has 2 fully saturated rings. The van der Waals surface area contributed by atoms with E-state index in [4.69, 9.17) is 20.2 Å². The summed E-state index contributed by atoms with van der Waals surface area (Å²) in [7, 11) is 3.19. The second-order valence-corrected chi connectivity index (χ2v) is 8.36. The zero-order valence-electron chi connectivity index (χ0n) is 19.3. The van der Waals surface area contributed by atoms with Crippen molar-refractivity contribution >= 4 is 28.8 Å². The predicted molar refractivity (Wildman–Crippen MR) is 128 cm³/mol. The van der Waals surface area contributed by atoms with E-state index in [1.54, 1.807) is 20.4 Å². The van der Waals surface area contributed by atoms with Gasteiger partial charge in [0.25, 0.3) is 0 Å². The molecule has 0 saturated carbocycles. The second kappa shape index (κ2) is 9.26. The Labute approximate surface area is 197 Å². The van der Waals surface area contributed by atoms with Crippen LogP contribution in [0.2, 0.25) is 0 Å². The Morgan fingerprint density at radius 1 is 1.09 bits per heavy atom. The smallest absolute Gasteiger partial charge is 0.239 e. The zero-order chi connectivity index (χ0) is 23.7. The Kier molecular flexibility index (Phi) is 6.01. The maximum Gasteiger partial charge on any atom is 0.239 e. The van der Waals surface area contributed by atoms with Crippen molar-refractivity contribution in [2.45, 2.75) is 18.9 Å². The van der Waals surface area contributed by atoms with E-state index in [1.807, 2.05) is 23.1 Å². The Balaban J connectivity index is 1.43. The molecule has 0 radical (unpaired) electrons. The number of nitrogen functional groups attached to an aromatic ring is 1. The van der Waals surface area contributed by atoms with Gasteiger partial charge in [-0.1, -0.05) is 0 Å². The first kappa shape index (κ1) is 22.1. The van der Waals surface area contributed by atoms with Crippen LogP contribution in [-0.2, 0) is 4.79 Å².